The standard InChI is InChI=1S/C38H33N3O3S/c1-26-12-9-10-19-34(26)40-36(42)27(2)45-33-18-11-17-32(25-33)39-38(44)35(41-37(43)31-15-7-4-8-16-31)24-28-20-22-30(23-21-28)29-13-5-3-6-14-29/h3-25,27H,1-2H3,(H,39,44)(H,40,42)(H,41,43)/b35-24+. The molecule has 5 rings (SSSR count). The van der Waals surface area contributed by atoms with Gasteiger partial charge in [0.1, 0.15) is 5.70 Å². The van der Waals surface area contributed by atoms with Crippen LogP contribution in [0, 0.1) is 6.92 Å². The number of benzene rings is 5. The smallest absolute Gasteiger partial charge is 0.272 e. The molecule has 7 heteroatoms. The molecule has 6 nitrogen and oxygen atoms in total. The minimum atomic E-state index is -0.473. The van der Waals surface area contributed by atoms with E-state index in [0.717, 1.165) is 32.8 Å². The van der Waals surface area contributed by atoms with Crippen molar-refractivity contribution >= 4 is 46.9 Å². The summed E-state index contributed by atoms with van der Waals surface area (Å²) in [6.45, 7) is 3.79. The Bertz CT molecular complexity index is 1820. The van der Waals surface area contributed by atoms with Crippen LogP contribution >= 0.6 is 11.8 Å². The Morgan fingerprint density at radius 2 is 1.33 bits per heavy atom. The molecule has 3 N–H and O–H groups in total. The minimum absolute atomic E-state index is 0.0975. The van der Waals surface area contributed by atoms with Gasteiger partial charge >= 0.3 is 0 Å². The maximum absolute atomic E-state index is 13.6. The van der Waals surface area contributed by atoms with Gasteiger partial charge in [-0.3, -0.25) is 14.4 Å². The van der Waals surface area contributed by atoms with Crippen molar-refractivity contribution in [2.75, 3.05) is 10.6 Å². The predicted octanol–water partition coefficient (Wildman–Crippen LogP) is 8.19. The predicted molar refractivity (Wildman–Crippen MR) is 184 cm³/mol. The highest BCUT2D eigenvalue weighted by Crippen LogP contribution is 2.27. The molecule has 0 saturated carbocycles. The Hall–Kier alpha value is -5.40. The first-order valence-electron chi connectivity index (χ1n) is 14.5. The molecule has 3 amide bonds. The van der Waals surface area contributed by atoms with Gasteiger partial charge in [-0.15, -0.1) is 11.8 Å². The molecule has 0 aliphatic heterocycles. The van der Waals surface area contributed by atoms with Crippen LogP contribution in [0.1, 0.15) is 28.4 Å². The highest BCUT2D eigenvalue weighted by Gasteiger charge is 2.18. The molecule has 0 fully saturated rings. The third kappa shape index (κ3) is 8.59. The fourth-order valence-corrected chi connectivity index (χ4v) is 5.49. The summed E-state index contributed by atoms with van der Waals surface area (Å²) in [4.78, 5) is 40.3. The number of rotatable bonds is 10. The molecule has 0 radical (unpaired) electrons. The second-order valence-corrected chi connectivity index (χ2v) is 11.8. The van der Waals surface area contributed by atoms with Crippen LogP contribution in [-0.4, -0.2) is 23.0 Å². The Kier molecular flexibility index (Phi) is 10.2. The third-order valence-corrected chi connectivity index (χ3v) is 8.13. The van der Waals surface area contributed by atoms with Crippen LogP contribution in [0.3, 0.4) is 0 Å². The van der Waals surface area contributed by atoms with Gasteiger partial charge in [-0.25, -0.2) is 0 Å². The van der Waals surface area contributed by atoms with E-state index in [-0.39, 0.29) is 16.9 Å². The van der Waals surface area contributed by atoms with Crippen LogP contribution in [0.5, 0.6) is 0 Å². The zero-order chi connectivity index (χ0) is 31.6. The van der Waals surface area contributed by atoms with Crippen LogP contribution in [0.15, 0.2) is 144 Å². The second-order valence-electron chi connectivity index (χ2n) is 10.4. The van der Waals surface area contributed by atoms with Crippen LogP contribution in [0.2, 0.25) is 0 Å². The highest BCUT2D eigenvalue weighted by atomic mass is 32.2. The molecule has 5 aromatic carbocycles. The average molecular weight is 612 g/mol. The van der Waals surface area contributed by atoms with E-state index in [2.05, 4.69) is 16.0 Å². The van der Waals surface area contributed by atoms with Gasteiger partial charge in [-0.05, 0) is 78.6 Å². The number of carbonyl (C=O) groups is 3. The summed E-state index contributed by atoms with van der Waals surface area (Å²) in [6.07, 6.45) is 1.65. The number of thioether (sulfide) groups is 1. The van der Waals surface area contributed by atoms with Gasteiger partial charge in [-0.1, -0.05) is 97.1 Å². The second kappa shape index (κ2) is 14.9. The Morgan fingerprint density at radius 3 is 2.04 bits per heavy atom. The molecular weight excluding hydrogens is 579 g/mol. The summed E-state index contributed by atoms with van der Waals surface area (Å²) in [5.74, 6) is -0.981. The van der Waals surface area contributed by atoms with Gasteiger partial charge in [0.25, 0.3) is 11.8 Å². The average Bonchev–Trinajstić information content (AvgIpc) is 3.06. The molecule has 224 valence electrons. The summed E-state index contributed by atoms with van der Waals surface area (Å²) in [5, 5.41) is 8.30. The first-order valence-corrected chi connectivity index (χ1v) is 15.4. The van der Waals surface area contributed by atoms with Crippen molar-refractivity contribution in [2.24, 2.45) is 0 Å². The molecular formula is C38H33N3O3S. The summed E-state index contributed by atoms with van der Waals surface area (Å²) in [5.41, 5.74) is 5.73. The van der Waals surface area contributed by atoms with Crippen LogP contribution in [0.25, 0.3) is 17.2 Å². The normalized spacial score (nSPS) is 11.7. The van der Waals surface area contributed by atoms with Gasteiger partial charge < -0.3 is 16.0 Å². The molecule has 1 atom stereocenters. The molecule has 1 unspecified atom stereocenters. The Labute approximate surface area is 267 Å². The van der Waals surface area contributed by atoms with Crippen molar-refractivity contribution in [2.45, 2.75) is 24.0 Å². The number of para-hydroxylation sites is 1. The number of carbonyl (C=O) groups excluding carboxylic acids is 3. The molecule has 0 aliphatic rings. The maximum Gasteiger partial charge on any atom is 0.272 e. The van der Waals surface area contributed by atoms with Crippen LogP contribution in [-0.2, 0) is 9.59 Å². The Balaban J connectivity index is 1.32. The minimum Gasteiger partial charge on any atom is -0.325 e. The van der Waals surface area contributed by atoms with E-state index in [1.165, 1.54) is 11.8 Å². The quantitative estimate of drug-likeness (QED) is 0.110. The van der Waals surface area contributed by atoms with E-state index >= 15 is 0 Å². The molecule has 0 aromatic heterocycles. The molecule has 5 aromatic rings. The zero-order valence-electron chi connectivity index (χ0n) is 25.0. The fraction of sp³-hybridized carbons (Fsp3) is 0.0789. The maximum atomic E-state index is 13.6. The summed E-state index contributed by atoms with van der Waals surface area (Å²) < 4.78 is 0. The highest BCUT2D eigenvalue weighted by molar-refractivity contribution is 8.00. The fourth-order valence-electron chi connectivity index (χ4n) is 4.56. The monoisotopic (exact) mass is 611 g/mol. The topological polar surface area (TPSA) is 87.3 Å². The first kappa shape index (κ1) is 31.0. The van der Waals surface area contributed by atoms with E-state index in [9.17, 15) is 14.4 Å². The molecule has 0 heterocycles. The van der Waals surface area contributed by atoms with Crippen molar-refractivity contribution in [3.63, 3.8) is 0 Å². The van der Waals surface area contributed by atoms with E-state index in [0.29, 0.717) is 11.3 Å². The zero-order valence-corrected chi connectivity index (χ0v) is 25.8. The SMILES string of the molecule is Cc1ccccc1NC(=O)C(C)Sc1cccc(NC(=O)/C(=C\c2ccc(-c3ccccc3)cc2)NC(=O)c2ccccc2)c1. The molecule has 0 bridgehead atoms. The van der Waals surface area contributed by atoms with Crippen molar-refractivity contribution in [3.05, 3.63) is 156 Å². The molecule has 0 aliphatic carbocycles. The number of amides is 3. The van der Waals surface area contributed by atoms with Crippen molar-refractivity contribution in [1.82, 2.24) is 5.32 Å². The van der Waals surface area contributed by atoms with Crippen molar-refractivity contribution in [3.8, 4) is 11.1 Å². The van der Waals surface area contributed by atoms with Gasteiger partial charge in [0.15, 0.2) is 0 Å². The van der Waals surface area contributed by atoms with E-state index in [4.69, 9.17) is 0 Å². The van der Waals surface area contributed by atoms with E-state index < -0.39 is 11.8 Å². The summed E-state index contributed by atoms with van der Waals surface area (Å²) >= 11 is 1.39. The number of hydrogen-bond donors (Lipinski definition) is 3. The molecule has 0 saturated heterocycles. The van der Waals surface area contributed by atoms with Crippen LogP contribution < -0.4 is 16.0 Å². The largest absolute Gasteiger partial charge is 0.325 e. The lowest BCUT2D eigenvalue weighted by Crippen LogP contribution is -2.30. The first-order chi connectivity index (χ1) is 21.9. The van der Waals surface area contributed by atoms with Crippen molar-refractivity contribution < 1.29 is 14.4 Å². The van der Waals surface area contributed by atoms with E-state index in [1.807, 2.05) is 117 Å². The molecule has 45 heavy (non-hydrogen) atoms. The number of hydrogen-bond acceptors (Lipinski definition) is 4. The van der Waals surface area contributed by atoms with Gasteiger partial charge in [0.2, 0.25) is 5.91 Å². The lowest BCUT2D eigenvalue weighted by Gasteiger charge is -2.15. The number of aryl methyl sites for hydroxylation is 1. The summed E-state index contributed by atoms with van der Waals surface area (Å²) in [6, 6.07) is 41.5. The van der Waals surface area contributed by atoms with Crippen LogP contribution in [0.4, 0.5) is 11.4 Å². The summed E-state index contributed by atoms with van der Waals surface area (Å²) in [7, 11) is 0. The molecule has 0 spiro atoms. The number of anilines is 2. The number of nitrogens with one attached hydrogen (secondary N) is 3. The van der Waals surface area contributed by atoms with Gasteiger partial charge in [0.05, 0.1) is 5.25 Å². The lowest BCUT2D eigenvalue weighted by atomic mass is 10.0. The van der Waals surface area contributed by atoms with Gasteiger partial charge in [0, 0.05) is 21.8 Å². The van der Waals surface area contributed by atoms with Gasteiger partial charge in [-0.2, -0.15) is 0 Å². The van der Waals surface area contributed by atoms with E-state index in [1.54, 1.807) is 36.4 Å². The Morgan fingerprint density at radius 1 is 0.689 bits per heavy atom. The lowest BCUT2D eigenvalue weighted by molar-refractivity contribution is -0.115. The third-order valence-electron chi connectivity index (χ3n) is 7.03. The van der Waals surface area contributed by atoms with Crippen molar-refractivity contribution in [1.29, 1.82) is 0 Å².